The zero-order valence-electron chi connectivity index (χ0n) is 13.3. The van der Waals surface area contributed by atoms with Gasteiger partial charge in [0.05, 0.1) is 13.4 Å². The van der Waals surface area contributed by atoms with Crippen LogP contribution >= 0.6 is 0 Å². The van der Waals surface area contributed by atoms with Crippen LogP contribution in [0.4, 0.5) is 4.39 Å². The minimum Gasteiger partial charge on any atom is -0.497 e. The van der Waals surface area contributed by atoms with E-state index in [2.05, 4.69) is 4.90 Å². The van der Waals surface area contributed by atoms with Crippen molar-refractivity contribution in [1.29, 1.82) is 0 Å². The van der Waals surface area contributed by atoms with Gasteiger partial charge in [0.15, 0.2) is 0 Å². The first kappa shape index (κ1) is 17.2. The molecule has 0 saturated carbocycles. The summed E-state index contributed by atoms with van der Waals surface area (Å²) in [6.45, 7) is 1.69. The number of rotatable bonds is 5. The van der Waals surface area contributed by atoms with Gasteiger partial charge in [0.2, 0.25) is 10.0 Å². The molecule has 0 bridgehead atoms. The van der Waals surface area contributed by atoms with Crippen molar-refractivity contribution in [3.8, 4) is 5.75 Å². The van der Waals surface area contributed by atoms with Crippen LogP contribution in [-0.2, 0) is 16.6 Å². The van der Waals surface area contributed by atoms with Crippen LogP contribution in [0.2, 0.25) is 0 Å². The Balaban J connectivity index is 1.96. The molecule has 2 rings (SSSR count). The third-order valence-electron chi connectivity index (χ3n) is 4.11. The number of hydrogen-bond acceptors (Lipinski definition) is 4. The lowest BCUT2D eigenvalue weighted by atomic mass is 10.0. The number of nitrogens with zero attached hydrogens (tertiary/aromatic N) is 2. The van der Waals surface area contributed by atoms with Gasteiger partial charge in [-0.15, -0.1) is 0 Å². The van der Waals surface area contributed by atoms with Crippen LogP contribution < -0.4 is 4.74 Å². The molecule has 124 valence electrons. The second kappa shape index (κ2) is 6.93. The molecular weight excluding hydrogens is 307 g/mol. The maximum absolute atomic E-state index is 13.5. The average molecular weight is 330 g/mol. The third-order valence-corrected chi connectivity index (χ3v) is 5.42. The van der Waals surface area contributed by atoms with Crippen LogP contribution in [0.15, 0.2) is 18.2 Å². The number of methoxy groups -OCH3 is 1. The highest BCUT2D eigenvalue weighted by molar-refractivity contribution is 7.88. The first-order valence-corrected chi connectivity index (χ1v) is 9.13. The van der Waals surface area contributed by atoms with Gasteiger partial charge in [-0.1, -0.05) is 0 Å². The fourth-order valence-electron chi connectivity index (χ4n) is 2.86. The second-order valence-electron chi connectivity index (χ2n) is 5.81. The summed E-state index contributed by atoms with van der Waals surface area (Å²) in [7, 11) is 0.401. The molecule has 0 unspecified atom stereocenters. The van der Waals surface area contributed by atoms with Gasteiger partial charge >= 0.3 is 0 Å². The molecule has 0 amide bonds. The molecule has 1 aliphatic heterocycles. The van der Waals surface area contributed by atoms with E-state index in [1.165, 1.54) is 29.8 Å². The summed E-state index contributed by atoms with van der Waals surface area (Å²) in [4.78, 5) is 2.15. The normalized spacial score (nSPS) is 17.9. The SMILES string of the molecule is COc1cc(F)cc(CN(C)C2CCN(S(C)(=O)=O)CC2)c1. The molecule has 1 aliphatic rings. The average Bonchev–Trinajstić information content (AvgIpc) is 2.45. The predicted molar refractivity (Wildman–Crippen MR) is 83.9 cm³/mol. The van der Waals surface area contributed by atoms with E-state index >= 15 is 0 Å². The van der Waals surface area contributed by atoms with Crippen molar-refractivity contribution in [2.24, 2.45) is 0 Å². The third kappa shape index (κ3) is 4.41. The Morgan fingerprint density at radius 1 is 1.32 bits per heavy atom. The Bertz CT molecular complexity index is 613. The van der Waals surface area contributed by atoms with Gasteiger partial charge in [-0.2, -0.15) is 0 Å². The Labute approximate surface area is 131 Å². The van der Waals surface area contributed by atoms with Crippen molar-refractivity contribution >= 4 is 10.0 Å². The number of sulfonamides is 1. The zero-order valence-corrected chi connectivity index (χ0v) is 14.1. The zero-order chi connectivity index (χ0) is 16.3. The molecule has 0 aliphatic carbocycles. The van der Waals surface area contributed by atoms with Crippen LogP contribution in [0.3, 0.4) is 0 Å². The molecule has 5 nitrogen and oxygen atoms in total. The molecule has 0 aromatic heterocycles. The van der Waals surface area contributed by atoms with Crippen molar-refractivity contribution in [3.05, 3.63) is 29.6 Å². The fraction of sp³-hybridized carbons (Fsp3) is 0.600. The summed E-state index contributed by atoms with van der Waals surface area (Å²) in [5.41, 5.74) is 0.852. The summed E-state index contributed by atoms with van der Waals surface area (Å²) in [5.74, 6) is 0.199. The monoisotopic (exact) mass is 330 g/mol. The molecule has 0 atom stereocenters. The Kier molecular flexibility index (Phi) is 5.41. The molecule has 0 spiro atoms. The van der Waals surface area contributed by atoms with Crippen molar-refractivity contribution in [3.63, 3.8) is 0 Å². The van der Waals surface area contributed by atoms with E-state index in [4.69, 9.17) is 4.74 Å². The van der Waals surface area contributed by atoms with E-state index in [9.17, 15) is 12.8 Å². The minimum atomic E-state index is -3.10. The van der Waals surface area contributed by atoms with Gasteiger partial charge in [-0.25, -0.2) is 17.1 Å². The number of benzene rings is 1. The molecule has 1 aromatic carbocycles. The van der Waals surface area contributed by atoms with Gasteiger partial charge in [-0.05, 0) is 37.6 Å². The van der Waals surface area contributed by atoms with Crippen LogP contribution in [0, 0.1) is 5.82 Å². The van der Waals surface area contributed by atoms with E-state index in [1.807, 2.05) is 13.1 Å². The molecule has 1 fully saturated rings. The Hall–Kier alpha value is -1.18. The Morgan fingerprint density at radius 3 is 2.50 bits per heavy atom. The maximum Gasteiger partial charge on any atom is 0.211 e. The minimum absolute atomic E-state index is 0.298. The second-order valence-corrected chi connectivity index (χ2v) is 7.79. The highest BCUT2D eigenvalue weighted by Crippen LogP contribution is 2.21. The van der Waals surface area contributed by atoms with Crippen molar-refractivity contribution in [2.75, 3.05) is 33.5 Å². The van der Waals surface area contributed by atoms with Crippen LogP contribution in [0.5, 0.6) is 5.75 Å². The molecule has 0 N–H and O–H groups in total. The highest BCUT2D eigenvalue weighted by atomic mass is 32.2. The van der Waals surface area contributed by atoms with Crippen molar-refractivity contribution < 1.29 is 17.5 Å². The lowest BCUT2D eigenvalue weighted by Crippen LogP contribution is -2.44. The molecule has 1 saturated heterocycles. The first-order chi connectivity index (χ1) is 10.3. The summed E-state index contributed by atoms with van der Waals surface area (Å²) in [6, 6.07) is 4.98. The van der Waals surface area contributed by atoms with E-state index < -0.39 is 10.0 Å². The molecule has 22 heavy (non-hydrogen) atoms. The van der Waals surface area contributed by atoms with E-state index in [-0.39, 0.29) is 5.82 Å². The first-order valence-electron chi connectivity index (χ1n) is 7.28. The summed E-state index contributed by atoms with van der Waals surface area (Å²) in [5, 5.41) is 0. The van der Waals surface area contributed by atoms with Gasteiger partial charge in [-0.3, -0.25) is 4.90 Å². The van der Waals surface area contributed by atoms with Crippen molar-refractivity contribution in [1.82, 2.24) is 9.21 Å². The topological polar surface area (TPSA) is 49.9 Å². The largest absolute Gasteiger partial charge is 0.497 e. The fourth-order valence-corrected chi connectivity index (χ4v) is 3.74. The standard InChI is InChI=1S/C15H23FN2O3S/c1-17(11-12-8-13(16)10-15(9-12)21-2)14-4-6-18(7-5-14)22(3,19)20/h8-10,14H,4-7,11H2,1-3H3. The van der Waals surface area contributed by atoms with Gasteiger partial charge in [0.25, 0.3) is 0 Å². The predicted octanol–water partition coefficient (Wildman–Crippen LogP) is 1.69. The quantitative estimate of drug-likeness (QED) is 0.824. The molecule has 0 radical (unpaired) electrons. The number of piperidine rings is 1. The molecule has 7 heteroatoms. The summed E-state index contributed by atoms with van der Waals surface area (Å²) < 4.78 is 43.2. The van der Waals surface area contributed by atoms with E-state index in [0.717, 1.165) is 18.4 Å². The van der Waals surface area contributed by atoms with E-state index in [1.54, 1.807) is 0 Å². The highest BCUT2D eigenvalue weighted by Gasteiger charge is 2.27. The molecule has 1 aromatic rings. The van der Waals surface area contributed by atoms with Crippen molar-refractivity contribution in [2.45, 2.75) is 25.4 Å². The van der Waals surface area contributed by atoms with Crippen LogP contribution in [-0.4, -0.2) is 57.2 Å². The van der Waals surface area contributed by atoms with Crippen LogP contribution in [0.25, 0.3) is 0 Å². The lowest BCUT2D eigenvalue weighted by Gasteiger charge is -2.35. The van der Waals surface area contributed by atoms with Gasteiger partial charge in [0.1, 0.15) is 11.6 Å². The molecule has 1 heterocycles. The number of hydrogen-bond donors (Lipinski definition) is 0. The molecular formula is C15H23FN2O3S. The number of halogens is 1. The van der Waals surface area contributed by atoms with Gasteiger partial charge < -0.3 is 4.74 Å². The van der Waals surface area contributed by atoms with Gasteiger partial charge in [0, 0.05) is 31.7 Å². The summed E-state index contributed by atoms with van der Waals surface area (Å²) in [6.07, 6.45) is 2.82. The number of ether oxygens (including phenoxy) is 1. The Morgan fingerprint density at radius 2 is 1.95 bits per heavy atom. The van der Waals surface area contributed by atoms with Crippen LogP contribution in [0.1, 0.15) is 18.4 Å². The maximum atomic E-state index is 13.5. The van der Waals surface area contributed by atoms with E-state index in [0.29, 0.717) is 31.4 Å². The lowest BCUT2D eigenvalue weighted by molar-refractivity contribution is 0.162. The summed E-state index contributed by atoms with van der Waals surface area (Å²) >= 11 is 0. The smallest absolute Gasteiger partial charge is 0.211 e.